The van der Waals surface area contributed by atoms with Gasteiger partial charge in [0, 0.05) is 12.6 Å². The van der Waals surface area contributed by atoms with Gasteiger partial charge in [0.25, 0.3) is 0 Å². The van der Waals surface area contributed by atoms with E-state index in [1.807, 2.05) is 7.05 Å². The molecule has 1 aromatic rings. The molecule has 2 rings (SSSR count). The largest absolute Gasteiger partial charge is 0.463 e. The van der Waals surface area contributed by atoms with Gasteiger partial charge in [0.15, 0.2) is 0 Å². The molecule has 1 atom stereocenters. The lowest BCUT2D eigenvalue weighted by molar-refractivity contribution is 0.121. The maximum atomic E-state index is 5.80. The Labute approximate surface area is 110 Å². The molecular formula is C14H25N3O. The van der Waals surface area contributed by atoms with E-state index in [1.165, 1.54) is 19.4 Å². The lowest BCUT2D eigenvalue weighted by Gasteiger charge is -2.35. The smallest absolute Gasteiger partial charge is 0.118 e. The summed E-state index contributed by atoms with van der Waals surface area (Å²) in [5, 5.41) is 3.11. The molecule has 0 aromatic carbocycles. The predicted molar refractivity (Wildman–Crippen MR) is 73.5 cm³/mol. The van der Waals surface area contributed by atoms with Crippen LogP contribution in [0.5, 0.6) is 0 Å². The van der Waals surface area contributed by atoms with Crippen LogP contribution >= 0.6 is 0 Å². The first-order valence-electron chi connectivity index (χ1n) is 6.80. The zero-order valence-corrected chi connectivity index (χ0v) is 11.8. The normalized spacial score (nSPS) is 21.7. The Kier molecular flexibility index (Phi) is 4.80. The van der Waals surface area contributed by atoms with Gasteiger partial charge in [-0.3, -0.25) is 4.90 Å². The number of likely N-dealkylation sites (N-methyl/N-ethyl adjacent to an activating group) is 1. The highest BCUT2D eigenvalue weighted by Gasteiger charge is 2.21. The Bertz CT molecular complexity index is 362. The third kappa shape index (κ3) is 3.57. The summed E-state index contributed by atoms with van der Waals surface area (Å²) in [7, 11) is 6.28. The lowest BCUT2D eigenvalue weighted by Crippen LogP contribution is -2.44. The van der Waals surface area contributed by atoms with Crippen LogP contribution in [0.4, 0.5) is 0 Å². The average Bonchev–Trinajstić information content (AvgIpc) is 2.77. The van der Waals surface area contributed by atoms with Crippen LogP contribution in [0, 0.1) is 0 Å². The van der Waals surface area contributed by atoms with Gasteiger partial charge >= 0.3 is 0 Å². The number of furan rings is 1. The van der Waals surface area contributed by atoms with Crippen molar-refractivity contribution in [3.63, 3.8) is 0 Å². The van der Waals surface area contributed by atoms with Crippen LogP contribution < -0.4 is 5.32 Å². The van der Waals surface area contributed by atoms with Crippen molar-refractivity contribution >= 4 is 0 Å². The standard InChI is InChI=1S/C14H25N3O/c1-15-9-13-6-7-14(18-13)11-17-8-4-5-12(10-17)16(2)3/h6-7,12,15H,4-5,8-11H2,1-3H3. The molecule has 0 bridgehead atoms. The van der Waals surface area contributed by atoms with E-state index < -0.39 is 0 Å². The zero-order valence-electron chi connectivity index (χ0n) is 11.8. The second-order valence-corrected chi connectivity index (χ2v) is 5.39. The fourth-order valence-electron chi connectivity index (χ4n) is 2.59. The molecule has 0 aliphatic carbocycles. The van der Waals surface area contributed by atoms with Gasteiger partial charge < -0.3 is 14.6 Å². The molecule has 1 fully saturated rings. The molecule has 1 unspecified atom stereocenters. The van der Waals surface area contributed by atoms with Crippen LogP contribution in [0.15, 0.2) is 16.5 Å². The fourth-order valence-corrected chi connectivity index (χ4v) is 2.59. The molecule has 1 aliphatic heterocycles. The van der Waals surface area contributed by atoms with Gasteiger partial charge in [0.2, 0.25) is 0 Å². The highest BCUT2D eigenvalue weighted by Crippen LogP contribution is 2.17. The Balaban J connectivity index is 1.87. The quantitative estimate of drug-likeness (QED) is 0.860. The van der Waals surface area contributed by atoms with Crippen LogP contribution in [0.1, 0.15) is 24.4 Å². The van der Waals surface area contributed by atoms with Crippen LogP contribution in [-0.2, 0) is 13.1 Å². The molecule has 1 aliphatic rings. The highest BCUT2D eigenvalue weighted by atomic mass is 16.3. The minimum Gasteiger partial charge on any atom is -0.463 e. The van der Waals surface area contributed by atoms with Crippen LogP contribution in [-0.4, -0.2) is 50.1 Å². The SMILES string of the molecule is CNCc1ccc(CN2CCCC(N(C)C)C2)o1. The van der Waals surface area contributed by atoms with E-state index in [0.29, 0.717) is 6.04 Å². The molecule has 2 heterocycles. The Morgan fingerprint density at radius 2 is 2.17 bits per heavy atom. The first-order valence-corrected chi connectivity index (χ1v) is 6.80. The molecule has 0 saturated carbocycles. The molecule has 1 aromatic heterocycles. The first kappa shape index (κ1) is 13.6. The van der Waals surface area contributed by atoms with Crippen molar-refractivity contribution in [2.24, 2.45) is 0 Å². The number of piperidine rings is 1. The van der Waals surface area contributed by atoms with E-state index >= 15 is 0 Å². The number of hydrogen-bond acceptors (Lipinski definition) is 4. The van der Waals surface area contributed by atoms with Gasteiger partial charge in [0.05, 0.1) is 13.1 Å². The van der Waals surface area contributed by atoms with E-state index in [1.54, 1.807) is 0 Å². The minimum atomic E-state index is 0.686. The Morgan fingerprint density at radius 3 is 2.89 bits per heavy atom. The van der Waals surface area contributed by atoms with Crippen LogP contribution in [0.2, 0.25) is 0 Å². The van der Waals surface area contributed by atoms with Crippen molar-refractivity contribution in [1.29, 1.82) is 0 Å². The second-order valence-electron chi connectivity index (χ2n) is 5.39. The van der Waals surface area contributed by atoms with Gasteiger partial charge in [-0.1, -0.05) is 0 Å². The molecule has 4 nitrogen and oxygen atoms in total. The number of nitrogens with zero attached hydrogens (tertiary/aromatic N) is 2. The molecule has 1 N–H and O–H groups in total. The van der Waals surface area contributed by atoms with E-state index in [9.17, 15) is 0 Å². The second kappa shape index (κ2) is 6.36. The molecule has 4 heteroatoms. The maximum Gasteiger partial charge on any atom is 0.118 e. The molecular weight excluding hydrogens is 226 g/mol. The number of likely N-dealkylation sites (tertiary alicyclic amines) is 1. The van der Waals surface area contributed by atoms with Crippen molar-refractivity contribution in [3.8, 4) is 0 Å². The van der Waals surface area contributed by atoms with Crippen LogP contribution in [0.3, 0.4) is 0 Å². The van der Waals surface area contributed by atoms with Crippen molar-refractivity contribution < 1.29 is 4.42 Å². The van der Waals surface area contributed by atoms with E-state index in [0.717, 1.165) is 31.2 Å². The first-order chi connectivity index (χ1) is 8.69. The molecule has 1 saturated heterocycles. The monoisotopic (exact) mass is 251 g/mol. The number of hydrogen-bond donors (Lipinski definition) is 1. The number of rotatable bonds is 5. The summed E-state index contributed by atoms with van der Waals surface area (Å²) >= 11 is 0. The molecule has 0 spiro atoms. The predicted octanol–water partition coefficient (Wildman–Crippen LogP) is 1.52. The van der Waals surface area contributed by atoms with E-state index in [2.05, 4.69) is 41.3 Å². The van der Waals surface area contributed by atoms with E-state index in [4.69, 9.17) is 4.42 Å². The summed E-state index contributed by atoms with van der Waals surface area (Å²) in [5.74, 6) is 2.10. The summed E-state index contributed by atoms with van der Waals surface area (Å²) in [4.78, 5) is 4.83. The molecule has 102 valence electrons. The maximum absolute atomic E-state index is 5.80. The number of nitrogens with one attached hydrogen (secondary N) is 1. The summed E-state index contributed by atoms with van der Waals surface area (Å²) in [6.07, 6.45) is 2.60. The van der Waals surface area contributed by atoms with Gasteiger partial charge in [-0.2, -0.15) is 0 Å². The fraction of sp³-hybridized carbons (Fsp3) is 0.714. The lowest BCUT2D eigenvalue weighted by atomic mass is 10.0. The van der Waals surface area contributed by atoms with Crippen molar-refractivity contribution in [3.05, 3.63) is 23.7 Å². The summed E-state index contributed by atoms with van der Waals surface area (Å²) in [6, 6.07) is 4.86. The van der Waals surface area contributed by atoms with Gasteiger partial charge in [-0.25, -0.2) is 0 Å². The summed E-state index contributed by atoms with van der Waals surface area (Å²) in [6.45, 7) is 4.08. The Morgan fingerprint density at radius 1 is 1.39 bits per heavy atom. The highest BCUT2D eigenvalue weighted by molar-refractivity contribution is 5.07. The molecule has 18 heavy (non-hydrogen) atoms. The summed E-state index contributed by atoms with van der Waals surface area (Å²) in [5.41, 5.74) is 0. The topological polar surface area (TPSA) is 31.6 Å². The van der Waals surface area contributed by atoms with Gasteiger partial charge in [0.1, 0.15) is 11.5 Å². The van der Waals surface area contributed by atoms with Crippen molar-refractivity contribution in [1.82, 2.24) is 15.1 Å². The zero-order chi connectivity index (χ0) is 13.0. The third-order valence-electron chi connectivity index (χ3n) is 3.66. The van der Waals surface area contributed by atoms with Gasteiger partial charge in [-0.15, -0.1) is 0 Å². The van der Waals surface area contributed by atoms with Gasteiger partial charge in [-0.05, 0) is 52.7 Å². The molecule has 0 radical (unpaired) electrons. The summed E-state index contributed by atoms with van der Waals surface area (Å²) < 4.78 is 5.80. The van der Waals surface area contributed by atoms with Crippen molar-refractivity contribution in [2.75, 3.05) is 34.2 Å². The van der Waals surface area contributed by atoms with Crippen molar-refractivity contribution in [2.45, 2.75) is 32.0 Å². The van der Waals surface area contributed by atoms with E-state index in [-0.39, 0.29) is 0 Å². The van der Waals surface area contributed by atoms with Crippen LogP contribution in [0.25, 0.3) is 0 Å². The average molecular weight is 251 g/mol. The molecule has 0 amide bonds. The minimum absolute atomic E-state index is 0.686. The Hall–Kier alpha value is -0.840. The third-order valence-corrected chi connectivity index (χ3v) is 3.66.